The van der Waals surface area contributed by atoms with E-state index in [4.69, 9.17) is 5.84 Å². The number of nitrogens with zero attached hydrogens (tertiary/aromatic N) is 3. The van der Waals surface area contributed by atoms with Crippen molar-refractivity contribution >= 4 is 0 Å². The van der Waals surface area contributed by atoms with Crippen molar-refractivity contribution < 1.29 is 0 Å². The maximum absolute atomic E-state index is 5.55. The van der Waals surface area contributed by atoms with Crippen LogP contribution >= 0.6 is 0 Å². The van der Waals surface area contributed by atoms with E-state index in [2.05, 4.69) is 22.4 Å². The second-order valence-electron chi connectivity index (χ2n) is 4.24. The third-order valence-electron chi connectivity index (χ3n) is 2.97. The van der Waals surface area contributed by atoms with E-state index in [0.29, 0.717) is 6.04 Å². The van der Waals surface area contributed by atoms with Gasteiger partial charge in [0.15, 0.2) is 0 Å². The molecule has 0 saturated heterocycles. The maximum Gasteiger partial charge on any atom is 0.138 e. The van der Waals surface area contributed by atoms with E-state index in [0.717, 1.165) is 31.1 Å². The lowest BCUT2D eigenvalue weighted by atomic mass is 10.1. The molecule has 1 saturated carbocycles. The minimum atomic E-state index is 0.340. The fourth-order valence-corrected chi connectivity index (χ4v) is 1.90. The van der Waals surface area contributed by atoms with Crippen LogP contribution < -0.4 is 11.3 Å². The molecule has 5 nitrogen and oxygen atoms in total. The molecule has 0 aliphatic heterocycles. The molecule has 3 N–H and O–H groups in total. The molecule has 1 aromatic rings. The molecular formula is C10H19N5. The smallest absolute Gasteiger partial charge is 0.138 e. The molecule has 1 unspecified atom stereocenters. The summed E-state index contributed by atoms with van der Waals surface area (Å²) in [6.45, 7) is 2.94. The van der Waals surface area contributed by atoms with Crippen LogP contribution in [0.4, 0.5) is 0 Å². The van der Waals surface area contributed by atoms with Gasteiger partial charge in [0.25, 0.3) is 0 Å². The number of nitrogens with one attached hydrogen (secondary N) is 1. The minimum Gasteiger partial charge on any atom is -0.271 e. The van der Waals surface area contributed by atoms with Crippen LogP contribution in [-0.4, -0.2) is 20.8 Å². The molecule has 1 aliphatic carbocycles. The van der Waals surface area contributed by atoms with Crippen molar-refractivity contribution in [2.45, 2.75) is 45.2 Å². The zero-order chi connectivity index (χ0) is 10.7. The second kappa shape index (κ2) is 4.72. The first-order chi connectivity index (χ1) is 7.33. The second-order valence-corrected chi connectivity index (χ2v) is 4.24. The van der Waals surface area contributed by atoms with Crippen molar-refractivity contribution in [1.29, 1.82) is 0 Å². The van der Waals surface area contributed by atoms with E-state index >= 15 is 0 Å². The summed E-state index contributed by atoms with van der Waals surface area (Å²) in [5.41, 5.74) is 2.88. The molecule has 1 heterocycles. The zero-order valence-electron chi connectivity index (χ0n) is 9.19. The van der Waals surface area contributed by atoms with E-state index < -0.39 is 0 Å². The van der Waals surface area contributed by atoms with Gasteiger partial charge in [-0.25, -0.2) is 4.98 Å². The highest BCUT2D eigenvalue weighted by molar-refractivity contribution is 4.91. The number of hydrazine groups is 1. The molecule has 1 atom stereocenters. The highest BCUT2D eigenvalue weighted by atomic mass is 15.3. The Morgan fingerprint density at radius 3 is 3.07 bits per heavy atom. The van der Waals surface area contributed by atoms with E-state index in [9.17, 15) is 0 Å². The van der Waals surface area contributed by atoms with E-state index in [1.807, 2.05) is 4.68 Å². The molecule has 15 heavy (non-hydrogen) atoms. The maximum atomic E-state index is 5.55. The number of hydrogen-bond donors (Lipinski definition) is 2. The van der Waals surface area contributed by atoms with Gasteiger partial charge in [-0.15, -0.1) is 0 Å². The van der Waals surface area contributed by atoms with Gasteiger partial charge in [0.05, 0.1) is 0 Å². The third kappa shape index (κ3) is 2.76. The largest absolute Gasteiger partial charge is 0.271 e. The molecule has 0 amide bonds. The number of hydrogen-bond acceptors (Lipinski definition) is 4. The van der Waals surface area contributed by atoms with Crippen LogP contribution in [0, 0.1) is 5.92 Å². The molecule has 84 valence electrons. The van der Waals surface area contributed by atoms with Crippen molar-refractivity contribution in [1.82, 2.24) is 20.2 Å². The molecular weight excluding hydrogens is 190 g/mol. The van der Waals surface area contributed by atoms with E-state index in [1.54, 1.807) is 6.33 Å². The van der Waals surface area contributed by atoms with Gasteiger partial charge in [0.2, 0.25) is 0 Å². The highest BCUT2D eigenvalue weighted by Crippen LogP contribution is 2.33. The normalized spacial score (nSPS) is 18.0. The Labute approximate surface area is 90.0 Å². The molecule has 0 spiro atoms. The van der Waals surface area contributed by atoms with E-state index in [1.165, 1.54) is 12.8 Å². The van der Waals surface area contributed by atoms with Crippen LogP contribution in [0.2, 0.25) is 0 Å². The predicted octanol–water partition coefficient (Wildman–Crippen LogP) is 0.473. The summed E-state index contributed by atoms with van der Waals surface area (Å²) >= 11 is 0. The monoisotopic (exact) mass is 209 g/mol. The summed E-state index contributed by atoms with van der Waals surface area (Å²) in [6.07, 6.45) is 6.37. The van der Waals surface area contributed by atoms with Crippen LogP contribution in [0.1, 0.15) is 32.0 Å². The predicted molar refractivity (Wildman–Crippen MR) is 57.9 cm³/mol. The summed E-state index contributed by atoms with van der Waals surface area (Å²) in [7, 11) is 0. The van der Waals surface area contributed by atoms with Gasteiger partial charge in [-0.1, -0.05) is 12.8 Å². The lowest BCUT2D eigenvalue weighted by Crippen LogP contribution is -2.37. The summed E-state index contributed by atoms with van der Waals surface area (Å²) in [6, 6.07) is 0.340. The van der Waals surface area contributed by atoms with Crippen molar-refractivity contribution in [2.24, 2.45) is 11.8 Å². The SMILES string of the molecule is CCn1ncnc1CC(CC1CC1)NN. The standard InChI is InChI=1S/C10H19N5/c1-2-15-10(12-7-13-15)6-9(14-11)5-8-3-4-8/h7-9,14H,2-6,11H2,1H3. The van der Waals surface area contributed by atoms with Gasteiger partial charge >= 0.3 is 0 Å². The van der Waals surface area contributed by atoms with Crippen molar-refractivity contribution in [3.8, 4) is 0 Å². The van der Waals surface area contributed by atoms with Crippen LogP contribution in [0.25, 0.3) is 0 Å². The Kier molecular flexibility index (Phi) is 3.33. The van der Waals surface area contributed by atoms with Crippen LogP contribution in [0.15, 0.2) is 6.33 Å². The summed E-state index contributed by atoms with van der Waals surface area (Å²) in [5.74, 6) is 7.46. The summed E-state index contributed by atoms with van der Waals surface area (Å²) in [5, 5.41) is 4.15. The van der Waals surface area contributed by atoms with E-state index in [-0.39, 0.29) is 0 Å². The van der Waals surface area contributed by atoms with Crippen molar-refractivity contribution in [3.05, 3.63) is 12.2 Å². The summed E-state index contributed by atoms with van der Waals surface area (Å²) < 4.78 is 1.93. The Balaban J connectivity index is 1.92. The Morgan fingerprint density at radius 2 is 2.47 bits per heavy atom. The molecule has 0 radical (unpaired) electrons. The number of aromatic nitrogens is 3. The van der Waals surface area contributed by atoms with Crippen LogP contribution in [-0.2, 0) is 13.0 Å². The van der Waals surface area contributed by atoms with Gasteiger partial charge in [0.1, 0.15) is 12.2 Å². The molecule has 0 aromatic carbocycles. The van der Waals surface area contributed by atoms with Gasteiger partial charge in [0, 0.05) is 19.0 Å². The number of nitrogens with two attached hydrogens (primary N) is 1. The lowest BCUT2D eigenvalue weighted by Gasteiger charge is -2.14. The molecule has 1 aromatic heterocycles. The van der Waals surface area contributed by atoms with Gasteiger partial charge in [-0.2, -0.15) is 5.10 Å². The van der Waals surface area contributed by atoms with Crippen molar-refractivity contribution in [3.63, 3.8) is 0 Å². The number of aryl methyl sites for hydroxylation is 1. The molecule has 0 bridgehead atoms. The average Bonchev–Trinajstić information content (AvgIpc) is 2.95. The first kappa shape index (κ1) is 10.6. The Hall–Kier alpha value is -0.940. The topological polar surface area (TPSA) is 68.8 Å². The fraction of sp³-hybridized carbons (Fsp3) is 0.800. The van der Waals surface area contributed by atoms with Crippen LogP contribution in [0.5, 0.6) is 0 Å². The van der Waals surface area contributed by atoms with Gasteiger partial charge in [-0.3, -0.25) is 16.0 Å². The third-order valence-corrected chi connectivity index (χ3v) is 2.97. The molecule has 5 heteroatoms. The Morgan fingerprint density at radius 1 is 1.67 bits per heavy atom. The van der Waals surface area contributed by atoms with Gasteiger partial charge in [-0.05, 0) is 19.3 Å². The van der Waals surface area contributed by atoms with Crippen LogP contribution in [0.3, 0.4) is 0 Å². The molecule has 1 fully saturated rings. The first-order valence-electron chi connectivity index (χ1n) is 5.66. The first-order valence-corrected chi connectivity index (χ1v) is 5.66. The molecule has 2 rings (SSSR count). The zero-order valence-corrected chi connectivity index (χ0v) is 9.19. The van der Waals surface area contributed by atoms with Crippen molar-refractivity contribution in [2.75, 3.05) is 0 Å². The lowest BCUT2D eigenvalue weighted by molar-refractivity contribution is 0.445. The Bertz CT molecular complexity index is 305. The average molecular weight is 209 g/mol. The summed E-state index contributed by atoms with van der Waals surface area (Å²) in [4.78, 5) is 4.26. The highest BCUT2D eigenvalue weighted by Gasteiger charge is 2.25. The quantitative estimate of drug-likeness (QED) is 0.528. The minimum absolute atomic E-state index is 0.340. The van der Waals surface area contributed by atoms with Gasteiger partial charge < -0.3 is 0 Å². The number of rotatable bonds is 6. The fourth-order valence-electron chi connectivity index (χ4n) is 1.90. The molecule has 1 aliphatic rings.